The van der Waals surface area contributed by atoms with Gasteiger partial charge in [-0.15, -0.1) is 0 Å². The van der Waals surface area contributed by atoms with E-state index in [-0.39, 0.29) is 5.56 Å². The lowest BCUT2D eigenvalue weighted by molar-refractivity contribution is 0.0696. The van der Waals surface area contributed by atoms with Gasteiger partial charge >= 0.3 is 5.97 Å². The number of carboxylic acids is 1. The number of halogens is 1. The fraction of sp³-hybridized carbons (Fsp3) is 0. The molecule has 0 fully saturated rings. The van der Waals surface area contributed by atoms with Crippen molar-refractivity contribution in [2.75, 3.05) is 0 Å². The minimum atomic E-state index is -0.967. The summed E-state index contributed by atoms with van der Waals surface area (Å²) < 4.78 is 2.57. The highest BCUT2D eigenvalue weighted by Crippen LogP contribution is 2.24. The molecule has 1 aromatic heterocycles. The highest BCUT2D eigenvalue weighted by molar-refractivity contribution is 9.10. The molecule has 0 aliphatic rings. The number of nitrogens with zero attached hydrogens (tertiary/aromatic N) is 2. The van der Waals surface area contributed by atoms with Crippen LogP contribution in [0.2, 0.25) is 0 Å². The van der Waals surface area contributed by atoms with Crippen molar-refractivity contribution in [2.24, 2.45) is 0 Å². The van der Waals surface area contributed by atoms with Crippen LogP contribution in [0.25, 0.3) is 16.8 Å². The molecule has 1 N–H and O–H groups in total. The summed E-state index contributed by atoms with van der Waals surface area (Å²) in [6.07, 6.45) is 3.55. The predicted molar refractivity (Wildman–Crippen MR) is 83.7 cm³/mol. The van der Waals surface area contributed by atoms with Gasteiger partial charge in [-0.25, -0.2) is 9.48 Å². The lowest BCUT2D eigenvalue weighted by Gasteiger charge is -2.05. The van der Waals surface area contributed by atoms with E-state index in [1.807, 2.05) is 30.5 Å². The van der Waals surface area contributed by atoms with Gasteiger partial charge in [0, 0.05) is 16.2 Å². The Hall–Kier alpha value is -2.40. The maximum atomic E-state index is 11.3. The molecule has 0 saturated heterocycles. The highest BCUT2D eigenvalue weighted by atomic mass is 79.9. The molecule has 1 heterocycles. The molecular weight excluding hydrogens is 332 g/mol. The third-order valence-corrected chi connectivity index (χ3v) is 3.62. The Labute approximate surface area is 129 Å². The summed E-state index contributed by atoms with van der Waals surface area (Å²) in [5, 5.41) is 13.5. The summed E-state index contributed by atoms with van der Waals surface area (Å²) in [6.45, 7) is 0. The number of aromatic carboxylic acids is 1. The monoisotopic (exact) mass is 342 g/mol. The Morgan fingerprint density at radius 2 is 1.90 bits per heavy atom. The SMILES string of the molecule is O=C(O)c1ccccc1-n1cc(-c2cccc(Br)c2)cn1. The summed E-state index contributed by atoms with van der Waals surface area (Å²) in [5.41, 5.74) is 2.72. The average Bonchev–Trinajstić information content (AvgIpc) is 2.97. The van der Waals surface area contributed by atoms with Crippen molar-refractivity contribution in [1.29, 1.82) is 0 Å². The van der Waals surface area contributed by atoms with E-state index in [0.717, 1.165) is 15.6 Å². The standard InChI is InChI=1S/C16H11BrN2O2/c17-13-5-3-4-11(8-13)12-9-18-19(10-12)15-7-2-1-6-14(15)16(20)21/h1-10H,(H,20,21). The zero-order chi connectivity index (χ0) is 14.8. The number of rotatable bonds is 3. The molecule has 0 spiro atoms. The first-order valence-electron chi connectivity index (χ1n) is 6.28. The molecule has 5 heteroatoms. The molecule has 3 rings (SSSR count). The molecule has 0 amide bonds. The molecule has 0 saturated carbocycles. The Balaban J connectivity index is 2.05. The smallest absolute Gasteiger partial charge is 0.337 e. The van der Waals surface area contributed by atoms with Crippen LogP contribution in [-0.2, 0) is 0 Å². The van der Waals surface area contributed by atoms with Crippen molar-refractivity contribution in [3.8, 4) is 16.8 Å². The second-order valence-corrected chi connectivity index (χ2v) is 5.42. The molecule has 3 aromatic rings. The van der Waals surface area contributed by atoms with Crippen LogP contribution in [0.1, 0.15) is 10.4 Å². The molecule has 0 bridgehead atoms. The first kappa shape index (κ1) is 13.6. The van der Waals surface area contributed by atoms with Crippen molar-refractivity contribution in [3.05, 3.63) is 71.0 Å². The maximum Gasteiger partial charge on any atom is 0.337 e. The molecular formula is C16H11BrN2O2. The molecule has 21 heavy (non-hydrogen) atoms. The summed E-state index contributed by atoms with van der Waals surface area (Å²) in [4.78, 5) is 11.3. The summed E-state index contributed by atoms with van der Waals surface area (Å²) in [5.74, 6) is -0.967. The van der Waals surface area contributed by atoms with Gasteiger partial charge in [-0.3, -0.25) is 0 Å². The summed E-state index contributed by atoms with van der Waals surface area (Å²) in [7, 11) is 0. The van der Waals surface area contributed by atoms with Crippen molar-refractivity contribution in [3.63, 3.8) is 0 Å². The second-order valence-electron chi connectivity index (χ2n) is 4.51. The topological polar surface area (TPSA) is 55.1 Å². The summed E-state index contributed by atoms with van der Waals surface area (Å²) in [6, 6.07) is 14.7. The predicted octanol–water partition coefficient (Wildman–Crippen LogP) is 4.00. The van der Waals surface area contributed by atoms with E-state index in [1.54, 1.807) is 35.1 Å². The third-order valence-electron chi connectivity index (χ3n) is 3.12. The van der Waals surface area contributed by atoms with Crippen LogP contribution in [0.4, 0.5) is 0 Å². The Morgan fingerprint density at radius 1 is 1.10 bits per heavy atom. The molecule has 0 atom stereocenters. The Kier molecular flexibility index (Phi) is 3.58. The van der Waals surface area contributed by atoms with Crippen LogP contribution in [0.3, 0.4) is 0 Å². The van der Waals surface area contributed by atoms with E-state index in [2.05, 4.69) is 21.0 Å². The van der Waals surface area contributed by atoms with E-state index in [4.69, 9.17) is 0 Å². The van der Waals surface area contributed by atoms with Crippen LogP contribution in [0.5, 0.6) is 0 Å². The van der Waals surface area contributed by atoms with Gasteiger partial charge in [-0.05, 0) is 29.8 Å². The van der Waals surface area contributed by atoms with Crippen LogP contribution >= 0.6 is 15.9 Å². The van der Waals surface area contributed by atoms with Crippen LogP contribution in [-0.4, -0.2) is 20.9 Å². The lowest BCUT2D eigenvalue weighted by atomic mass is 10.1. The number of benzene rings is 2. The normalized spacial score (nSPS) is 10.5. The van der Waals surface area contributed by atoms with E-state index in [1.165, 1.54) is 0 Å². The molecule has 0 aliphatic heterocycles. The fourth-order valence-corrected chi connectivity index (χ4v) is 2.53. The van der Waals surface area contributed by atoms with Gasteiger partial charge < -0.3 is 5.11 Å². The zero-order valence-corrected chi connectivity index (χ0v) is 12.5. The second kappa shape index (κ2) is 5.54. The first-order valence-corrected chi connectivity index (χ1v) is 7.08. The van der Waals surface area contributed by atoms with Crippen molar-refractivity contribution >= 4 is 21.9 Å². The largest absolute Gasteiger partial charge is 0.478 e. The lowest BCUT2D eigenvalue weighted by Crippen LogP contribution is -2.05. The van der Waals surface area contributed by atoms with E-state index < -0.39 is 5.97 Å². The number of carbonyl (C=O) groups is 1. The quantitative estimate of drug-likeness (QED) is 0.782. The van der Waals surface area contributed by atoms with Gasteiger partial charge in [0.1, 0.15) is 0 Å². The van der Waals surface area contributed by atoms with Crippen LogP contribution in [0, 0.1) is 0 Å². The number of hydrogen-bond acceptors (Lipinski definition) is 2. The minimum Gasteiger partial charge on any atom is -0.478 e. The first-order chi connectivity index (χ1) is 10.1. The van der Waals surface area contributed by atoms with E-state index in [9.17, 15) is 9.90 Å². The summed E-state index contributed by atoms with van der Waals surface area (Å²) >= 11 is 3.44. The molecule has 0 unspecified atom stereocenters. The van der Waals surface area contributed by atoms with Crippen LogP contribution < -0.4 is 0 Å². The molecule has 4 nitrogen and oxygen atoms in total. The molecule has 2 aromatic carbocycles. The molecule has 0 radical (unpaired) electrons. The van der Waals surface area contributed by atoms with Gasteiger partial charge in [0.25, 0.3) is 0 Å². The average molecular weight is 343 g/mol. The fourth-order valence-electron chi connectivity index (χ4n) is 2.13. The minimum absolute atomic E-state index is 0.224. The van der Waals surface area contributed by atoms with Gasteiger partial charge in [0.05, 0.1) is 17.4 Å². The van der Waals surface area contributed by atoms with Gasteiger partial charge in [-0.2, -0.15) is 5.10 Å². The highest BCUT2D eigenvalue weighted by Gasteiger charge is 2.12. The van der Waals surface area contributed by atoms with E-state index >= 15 is 0 Å². The van der Waals surface area contributed by atoms with Crippen molar-refractivity contribution in [2.45, 2.75) is 0 Å². The molecule has 0 aliphatic carbocycles. The van der Waals surface area contributed by atoms with Gasteiger partial charge in [-0.1, -0.05) is 40.2 Å². The zero-order valence-electron chi connectivity index (χ0n) is 10.9. The molecule has 104 valence electrons. The van der Waals surface area contributed by atoms with Crippen molar-refractivity contribution < 1.29 is 9.90 Å². The Bertz CT molecular complexity index is 811. The maximum absolute atomic E-state index is 11.3. The van der Waals surface area contributed by atoms with Crippen molar-refractivity contribution in [1.82, 2.24) is 9.78 Å². The van der Waals surface area contributed by atoms with Crippen LogP contribution in [0.15, 0.2) is 65.4 Å². The van der Waals surface area contributed by atoms with E-state index in [0.29, 0.717) is 5.69 Å². The number of aromatic nitrogens is 2. The third kappa shape index (κ3) is 2.73. The number of para-hydroxylation sites is 1. The Morgan fingerprint density at radius 3 is 2.67 bits per heavy atom. The van der Waals surface area contributed by atoms with Gasteiger partial charge in [0.2, 0.25) is 0 Å². The van der Waals surface area contributed by atoms with Gasteiger partial charge in [0.15, 0.2) is 0 Å². The number of hydrogen-bond donors (Lipinski definition) is 1. The number of carboxylic acid groups (broad SMARTS) is 1.